The lowest BCUT2D eigenvalue weighted by Crippen LogP contribution is -1.86. The normalized spacial score (nSPS) is 9.75. The van der Waals surface area contributed by atoms with Crippen molar-refractivity contribution in [2.75, 3.05) is 0 Å². The molecule has 2 aromatic rings. The van der Waals surface area contributed by atoms with Crippen LogP contribution in [0, 0.1) is 4.91 Å². The molecule has 0 bridgehead atoms. The fourth-order valence-corrected chi connectivity index (χ4v) is 1.41. The van der Waals surface area contributed by atoms with Gasteiger partial charge < -0.3 is 4.74 Å². The maximum absolute atomic E-state index is 10.2. The molecule has 80 valence electrons. The van der Waals surface area contributed by atoms with Crippen molar-refractivity contribution in [3.05, 3.63) is 65.1 Å². The van der Waals surface area contributed by atoms with Gasteiger partial charge in [0.15, 0.2) is 0 Å². The zero-order valence-corrected chi connectivity index (χ0v) is 8.67. The molecule has 0 aliphatic heterocycles. The van der Waals surface area contributed by atoms with Crippen LogP contribution < -0.4 is 4.74 Å². The summed E-state index contributed by atoms with van der Waals surface area (Å²) >= 11 is 0. The minimum atomic E-state index is 0.173. The van der Waals surface area contributed by atoms with Gasteiger partial charge in [0.2, 0.25) is 0 Å². The average Bonchev–Trinajstić information content (AvgIpc) is 2.31. The number of hydrogen-bond acceptors (Lipinski definition) is 3. The first-order valence-electron chi connectivity index (χ1n) is 4.99. The fourth-order valence-electron chi connectivity index (χ4n) is 1.41. The van der Waals surface area contributed by atoms with Crippen LogP contribution >= 0.6 is 0 Å². The fraction of sp³-hybridized carbons (Fsp3) is 0.0769. The van der Waals surface area contributed by atoms with Crippen molar-refractivity contribution in [3.8, 4) is 11.5 Å². The molecule has 16 heavy (non-hydrogen) atoms. The van der Waals surface area contributed by atoms with E-state index in [-0.39, 0.29) is 6.54 Å². The first-order valence-corrected chi connectivity index (χ1v) is 4.99. The van der Waals surface area contributed by atoms with Crippen LogP contribution in [-0.4, -0.2) is 0 Å². The maximum atomic E-state index is 10.2. The molecule has 0 heterocycles. The van der Waals surface area contributed by atoms with Gasteiger partial charge >= 0.3 is 0 Å². The van der Waals surface area contributed by atoms with Crippen LogP contribution in [-0.2, 0) is 6.54 Å². The number of para-hydroxylation sites is 1. The molecule has 0 amide bonds. The third kappa shape index (κ3) is 2.67. The molecular weight excluding hydrogens is 202 g/mol. The molecule has 0 fully saturated rings. The van der Waals surface area contributed by atoms with Crippen molar-refractivity contribution in [1.29, 1.82) is 0 Å². The second-order valence-electron chi connectivity index (χ2n) is 3.35. The van der Waals surface area contributed by atoms with Crippen LogP contribution in [0.5, 0.6) is 11.5 Å². The van der Waals surface area contributed by atoms with Crippen molar-refractivity contribution in [1.82, 2.24) is 0 Å². The summed E-state index contributed by atoms with van der Waals surface area (Å²) in [4.78, 5) is 10.2. The smallest absolute Gasteiger partial charge is 0.127 e. The molecule has 0 saturated heterocycles. The molecule has 0 saturated carbocycles. The van der Waals surface area contributed by atoms with Crippen molar-refractivity contribution in [3.63, 3.8) is 0 Å². The van der Waals surface area contributed by atoms with E-state index in [1.807, 2.05) is 54.6 Å². The van der Waals surface area contributed by atoms with Gasteiger partial charge in [0.05, 0.1) is 0 Å². The molecule has 0 atom stereocenters. The minimum Gasteiger partial charge on any atom is -0.457 e. The quantitative estimate of drug-likeness (QED) is 0.725. The predicted molar refractivity (Wildman–Crippen MR) is 62.5 cm³/mol. The Kier molecular flexibility index (Phi) is 3.28. The zero-order valence-electron chi connectivity index (χ0n) is 8.67. The molecule has 0 N–H and O–H groups in total. The second-order valence-corrected chi connectivity index (χ2v) is 3.35. The van der Waals surface area contributed by atoms with E-state index in [2.05, 4.69) is 5.18 Å². The van der Waals surface area contributed by atoms with E-state index < -0.39 is 0 Å². The summed E-state index contributed by atoms with van der Waals surface area (Å²) < 4.78 is 5.62. The number of benzene rings is 2. The Bertz CT molecular complexity index is 468. The monoisotopic (exact) mass is 213 g/mol. The Hall–Kier alpha value is -2.16. The Labute approximate surface area is 93.7 Å². The maximum Gasteiger partial charge on any atom is 0.127 e. The Morgan fingerprint density at radius 1 is 0.938 bits per heavy atom. The number of nitrogens with zero attached hydrogens (tertiary/aromatic N) is 1. The van der Waals surface area contributed by atoms with E-state index in [0.717, 1.165) is 11.3 Å². The lowest BCUT2D eigenvalue weighted by molar-refractivity contribution is 0.482. The summed E-state index contributed by atoms with van der Waals surface area (Å²) in [5.74, 6) is 1.49. The summed E-state index contributed by atoms with van der Waals surface area (Å²) in [7, 11) is 0. The molecule has 3 nitrogen and oxygen atoms in total. The van der Waals surface area contributed by atoms with Gasteiger partial charge in [-0.3, -0.25) is 0 Å². The van der Waals surface area contributed by atoms with Gasteiger partial charge in [-0.2, -0.15) is 4.91 Å². The van der Waals surface area contributed by atoms with Crippen LogP contribution in [0.3, 0.4) is 0 Å². The Balaban J connectivity index is 2.15. The molecule has 0 radical (unpaired) electrons. The number of ether oxygens (including phenoxy) is 1. The number of hydrogen-bond donors (Lipinski definition) is 0. The molecule has 2 rings (SSSR count). The van der Waals surface area contributed by atoms with Gasteiger partial charge in [-0.05, 0) is 29.8 Å². The molecule has 0 aliphatic rings. The van der Waals surface area contributed by atoms with Crippen LogP contribution in [0.25, 0.3) is 0 Å². The largest absolute Gasteiger partial charge is 0.457 e. The lowest BCUT2D eigenvalue weighted by Gasteiger charge is -2.05. The molecular formula is C13H11NO2. The van der Waals surface area contributed by atoms with Gasteiger partial charge in [-0.25, -0.2) is 0 Å². The van der Waals surface area contributed by atoms with Gasteiger partial charge in [-0.15, -0.1) is 0 Å². The van der Waals surface area contributed by atoms with Crippen LogP contribution in [0.1, 0.15) is 5.56 Å². The SMILES string of the molecule is O=NCc1cccc(Oc2ccccc2)c1. The highest BCUT2D eigenvalue weighted by Gasteiger charge is 1.98. The van der Waals surface area contributed by atoms with Gasteiger partial charge in [-0.1, -0.05) is 35.5 Å². The van der Waals surface area contributed by atoms with E-state index in [1.54, 1.807) is 0 Å². The molecule has 0 aliphatic carbocycles. The number of nitroso groups, excluding NO2 is 1. The predicted octanol–water partition coefficient (Wildman–Crippen LogP) is 3.75. The average molecular weight is 213 g/mol. The summed E-state index contributed by atoms with van der Waals surface area (Å²) in [6.45, 7) is 0.173. The summed E-state index contributed by atoms with van der Waals surface area (Å²) in [6, 6.07) is 16.9. The van der Waals surface area contributed by atoms with Gasteiger partial charge in [0.25, 0.3) is 0 Å². The molecule has 0 spiro atoms. The highest BCUT2D eigenvalue weighted by molar-refractivity contribution is 5.33. The zero-order chi connectivity index (χ0) is 11.2. The highest BCUT2D eigenvalue weighted by atomic mass is 16.5. The Morgan fingerprint density at radius 3 is 2.44 bits per heavy atom. The topological polar surface area (TPSA) is 38.7 Å². The summed E-state index contributed by atoms with van der Waals surface area (Å²) in [5.41, 5.74) is 0.850. The van der Waals surface area contributed by atoms with Crippen molar-refractivity contribution in [2.24, 2.45) is 5.18 Å². The standard InChI is InChI=1S/C13H11NO2/c15-14-10-11-5-4-8-13(9-11)16-12-6-2-1-3-7-12/h1-9H,10H2. The van der Waals surface area contributed by atoms with E-state index in [4.69, 9.17) is 4.74 Å². The highest BCUT2D eigenvalue weighted by Crippen LogP contribution is 2.21. The summed E-state index contributed by atoms with van der Waals surface area (Å²) in [5, 5.41) is 2.85. The lowest BCUT2D eigenvalue weighted by atomic mass is 10.2. The van der Waals surface area contributed by atoms with Crippen LogP contribution in [0.2, 0.25) is 0 Å². The molecule has 0 unspecified atom stereocenters. The van der Waals surface area contributed by atoms with E-state index in [0.29, 0.717) is 5.75 Å². The van der Waals surface area contributed by atoms with E-state index >= 15 is 0 Å². The van der Waals surface area contributed by atoms with Crippen molar-refractivity contribution >= 4 is 0 Å². The van der Waals surface area contributed by atoms with E-state index in [9.17, 15) is 4.91 Å². The second kappa shape index (κ2) is 5.07. The van der Waals surface area contributed by atoms with Gasteiger partial charge in [0.1, 0.15) is 18.0 Å². The molecule has 3 heteroatoms. The van der Waals surface area contributed by atoms with Gasteiger partial charge in [0, 0.05) is 0 Å². The van der Waals surface area contributed by atoms with Crippen molar-refractivity contribution < 1.29 is 4.74 Å². The van der Waals surface area contributed by atoms with E-state index in [1.165, 1.54) is 0 Å². The third-order valence-electron chi connectivity index (χ3n) is 2.12. The minimum absolute atomic E-state index is 0.173. The first-order chi connectivity index (χ1) is 7.88. The Morgan fingerprint density at radius 2 is 1.69 bits per heavy atom. The third-order valence-corrected chi connectivity index (χ3v) is 2.12. The van der Waals surface area contributed by atoms with Crippen LogP contribution in [0.15, 0.2) is 59.8 Å². The molecule has 2 aromatic carbocycles. The van der Waals surface area contributed by atoms with Crippen LogP contribution in [0.4, 0.5) is 0 Å². The summed E-state index contributed by atoms with van der Waals surface area (Å²) in [6.07, 6.45) is 0. The first kappa shape index (κ1) is 10.4. The molecule has 0 aromatic heterocycles. The van der Waals surface area contributed by atoms with Crippen molar-refractivity contribution in [2.45, 2.75) is 6.54 Å². The number of rotatable bonds is 4.